The number of rotatable bonds is 17. The number of carbonyl (C=O) groups is 8. The molecule has 4 atom stereocenters. The minimum Gasteiger partial charge on any atom is -0.458 e. The van der Waals surface area contributed by atoms with Gasteiger partial charge in [0.1, 0.15) is 29.3 Å². The van der Waals surface area contributed by atoms with Crippen molar-refractivity contribution >= 4 is 47.5 Å². The van der Waals surface area contributed by atoms with E-state index in [1.54, 1.807) is 54.7 Å². The molecule has 0 aromatic heterocycles. The molecule has 1 heterocycles. The number of nitrogens with one attached hydrogen (secondary N) is 3. The molecule has 3 N–H and O–H groups in total. The zero-order valence-corrected chi connectivity index (χ0v) is 39.6. The lowest BCUT2D eigenvalue weighted by molar-refractivity contribution is -0.159. The topological polar surface area (TPSA) is 201 Å². The number of benzene rings is 1. The summed E-state index contributed by atoms with van der Waals surface area (Å²) in [6, 6.07) is 4.96. The summed E-state index contributed by atoms with van der Waals surface area (Å²) in [6.07, 6.45) is 2.63. The number of esters is 1. The van der Waals surface area contributed by atoms with Crippen LogP contribution in [0.25, 0.3) is 0 Å². The summed E-state index contributed by atoms with van der Waals surface area (Å²) in [4.78, 5) is 110. The Morgan fingerprint density at radius 2 is 1.31 bits per heavy atom. The molecule has 7 amide bonds. The van der Waals surface area contributed by atoms with Gasteiger partial charge in [0, 0.05) is 50.3 Å². The Kier molecular flexibility index (Phi) is 17.8. The maximum absolute atomic E-state index is 14.6. The smallest absolute Gasteiger partial charge is 0.410 e. The van der Waals surface area contributed by atoms with Crippen molar-refractivity contribution in [2.24, 2.45) is 11.3 Å². The fourth-order valence-corrected chi connectivity index (χ4v) is 6.81. The Morgan fingerprint density at radius 3 is 1.79 bits per heavy atom. The summed E-state index contributed by atoms with van der Waals surface area (Å²) in [5, 5.41) is 8.15. The molecular formula is C46H70N6O10. The zero-order chi connectivity index (χ0) is 47.7. The van der Waals surface area contributed by atoms with Crippen LogP contribution < -0.4 is 16.0 Å². The number of nitrogens with zero attached hydrogens (tertiary/aromatic N) is 3. The molecule has 0 bridgehead atoms. The van der Waals surface area contributed by atoms with Crippen LogP contribution in [-0.2, 0) is 48.5 Å². The van der Waals surface area contributed by atoms with Crippen LogP contribution in [0.3, 0.4) is 0 Å². The van der Waals surface area contributed by atoms with Crippen molar-refractivity contribution in [3.63, 3.8) is 0 Å². The van der Waals surface area contributed by atoms with E-state index in [4.69, 9.17) is 9.47 Å². The Hall–Kier alpha value is -5.54. The second kappa shape index (κ2) is 21.0. The molecule has 16 heteroatoms. The molecule has 0 spiro atoms. The third-order valence-corrected chi connectivity index (χ3v) is 10.1. The Labute approximate surface area is 367 Å². The van der Waals surface area contributed by atoms with E-state index in [2.05, 4.69) is 16.0 Å². The monoisotopic (exact) mass is 867 g/mol. The normalized spacial score (nSPS) is 15.6. The molecule has 0 radical (unpaired) electrons. The lowest BCUT2D eigenvalue weighted by atomic mass is 9.76. The van der Waals surface area contributed by atoms with Gasteiger partial charge in [0.2, 0.25) is 23.6 Å². The van der Waals surface area contributed by atoms with E-state index in [1.165, 1.54) is 23.8 Å². The van der Waals surface area contributed by atoms with E-state index >= 15 is 0 Å². The minimum absolute atomic E-state index is 0.0791. The van der Waals surface area contributed by atoms with Gasteiger partial charge in [-0.05, 0) is 65.4 Å². The SMILES string of the molecule is C/C(=C\[C@H](C(C)C)N(C)C(=O)[C@@H](NC(=O)[C@@H](N(C)C(=O)OC(C)(C)C)C(C)(C)c1ccccc1)C(C)(C)C)C(=O)N[C@@H](CC(=O)NCCN1C(=O)C=CC1=O)C(=O)OC(C)(C)C. The largest absolute Gasteiger partial charge is 0.458 e. The van der Waals surface area contributed by atoms with E-state index in [0.717, 1.165) is 22.6 Å². The predicted molar refractivity (Wildman–Crippen MR) is 235 cm³/mol. The third-order valence-electron chi connectivity index (χ3n) is 10.1. The van der Waals surface area contributed by atoms with Gasteiger partial charge in [-0.25, -0.2) is 9.59 Å². The highest BCUT2D eigenvalue weighted by atomic mass is 16.6. The van der Waals surface area contributed by atoms with Gasteiger partial charge in [-0.3, -0.25) is 38.6 Å². The number of likely N-dealkylation sites (N-methyl/N-ethyl adjacent to an activating group) is 2. The van der Waals surface area contributed by atoms with E-state index in [0.29, 0.717) is 0 Å². The fourth-order valence-electron chi connectivity index (χ4n) is 6.81. The molecule has 0 aliphatic carbocycles. The predicted octanol–water partition coefficient (Wildman–Crippen LogP) is 4.42. The molecule has 2 rings (SSSR count). The number of hydrogen-bond donors (Lipinski definition) is 3. The highest BCUT2D eigenvalue weighted by molar-refractivity contribution is 6.12. The van der Waals surface area contributed by atoms with Crippen molar-refractivity contribution in [3.8, 4) is 0 Å². The van der Waals surface area contributed by atoms with Gasteiger partial charge in [0.15, 0.2) is 0 Å². The highest BCUT2D eigenvalue weighted by Crippen LogP contribution is 2.32. The number of carbonyl (C=O) groups excluding carboxylic acids is 8. The molecule has 0 saturated carbocycles. The van der Waals surface area contributed by atoms with Crippen LogP contribution in [0, 0.1) is 11.3 Å². The first kappa shape index (κ1) is 52.6. The molecule has 1 aromatic carbocycles. The lowest BCUT2D eigenvalue weighted by Gasteiger charge is -2.42. The Balaban J connectivity index is 2.41. The van der Waals surface area contributed by atoms with Crippen LogP contribution in [-0.4, -0.2) is 125 Å². The molecule has 344 valence electrons. The van der Waals surface area contributed by atoms with Crippen molar-refractivity contribution in [2.75, 3.05) is 27.2 Å². The summed E-state index contributed by atoms with van der Waals surface area (Å²) in [6.45, 7) is 24.3. The molecule has 1 aromatic rings. The fraction of sp³-hybridized carbons (Fsp3) is 0.609. The van der Waals surface area contributed by atoms with Crippen molar-refractivity contribution in [1.29, 1.82) is 0 Å². The van der Waals surface area contributed by atoms with Crippen molar-refractivity contribution < 1.29 is 47.8 Å². The average Bonchev–Trinajstić information content (AvgIpc) is 3.45. The standard InChI is InChI=1S/C46H70N6O10/c1-28(2)32(26-29(3)38(56)48-31(41(59)61-44(7,8)9)27-33(53)47-24-25-52-34(54)22-23-35(52)55)50(15)40(58)36(43(4,5)6)49-39(57)37(51(16)42(60)62-45(10,11)12)46(13,14)30-20-18-17-19-21-30/h17-23,26,28,31-32,36-37H,24-25,27H2,1-16H3,(H,47,53)(H,48,56)(H,49,57)/b29-26+/t31-,32+,36+,37+/m0/s1. The maximum Gasteiger partial charge on any atom is 0.410 e. The van der Waals surface area contributed by atoms with Gasteiger partial charge in [-0.15, -0.1) is 0 Å². The third kappa shape index (κ3) is 15.1. The van der Waals surface area contributed by atoms with Gasteiger partial charge < -0.3 is 30.3 Å². The van der Waals surface area contributed by atoms with Gasteiger partial charge in [-0.1, -0.05) is 84.9 Å². The summed E-state index contributed by atoms with van der Waals surface area (Å²) in [5.41, 5.74) is -2.65. The second-order valence-electron chi connectivity index (χ2n) is 19.7. The van der Waals surface area contributed by atoms with Crippen LogP contribution in [0.5, 0.6) is 0 Å². The quantitative estimate of drug-likeness (QED) is 0.114. The number of imide groups is 1. The first-order valence-corrected chi connectivity index (χ1v) is 20.9. The van der Waals surface area contributed by atoms with Gasteiger partial charge in [-0.2, -0.15) is 0 Å². The molecule has 1 aliphatic heterocycles. The van der Waals surface area contributed by atoms with Crippen molar-refractivity contribution in [3.05, 3.63) is 59.7 Å². The average molecular weight is 867 g/mol. The molecule has 0 fully saturated rings. The van der Waals surface area contributed by atoms with E-state index in [1.807, 2.05) is 78.8 Å². The zero-order valence-electron chi connectivity index (χ0n) is 39.6. The van der Waals surface area contributed by atoms with Crippen LogP contribution in [0.4, 0.5) is 4.79 Å². The summed E-state index contributed by atoms with van der Waals surface area (Å²) in [5.74, 6) is -4.48. The number of hydrogen-bond acceptors (Lipinski definition) is 10. The highest BCUT2D eigenvalue weighted by Gasteiger charge is 2.46. The first-order valence-electron chi connectivity index (χ1n) is 20.9. The van der Waals surface area contributed by atoms with Gasteiger partial charge in [0.05, 0.1) is 12.5 Å². The van der Waals surface area contributed by atoms with Gasteiger partial charge >= 0.3 is 12.1 Å². The van der Waals surface area contributed by atoms with E-state index in [-0.39, 0.29) is 24.6 Å². The summed E-state index contributed by atoms with van der Waals surface area (Å²) < 4.78 is 11.2. The van der Waals surface area contributed by atoms with Gasteiger partial charge in [0.25, 0.3) is 11.8 Å². The molecular weight excluding hydrogens is 797 g/mol. The number of amides is 7. The van der Waals surface area contributed by atoms with Crippen LogP contribution in [0.2, 0.25) is 0 Å². The second-order valence-corrected chi connectivity index (χ2v) is 19.7. The Morgan fingerprint density at radius 1 is 0.774 bits per heavy atom. The molecule has 16 nitrogen and oxygen atoms in total. The molecule has 0 unspecified atom stereocenters. The number of ether oxygens (including phenoxy) is 2. The van der Waals surface area contributed by atoms with Crippen LogP contribution >= 0.6 is 0 Å². The first-order chi connectivity index (χ1) is 28.3. The van der Waals surface area contributed by atoms with Crippen LogP contribution in [0.1, 0.15) is 109 Å². The van der Waals surface area contributed by atoms with Crippen molar-refractivity contribution in [2.45, 2.75) is 144 Å². The van der Waals surface area contributed by atoms with E-state index in [9.17, 15) is 38.4 Å². The van der Waals surface area contributed by atoms with Crippen molar-refractivity contribution in [1.82, 2.24) is 30.7 Å². The summed E-state index contributed by atoms with van der Waals surface area (Å²) >= 11 is 0. The van der Waals surface area contributed by atoms with E-state index < -0.39 is 100 Å². The Bertz CT molecular complexity index is 1870. The molecule has 62 heavy (non-hydrogen) atoms. The lowest BCUT2D eigenvalue weighted by Crippen LogP contribution is -2.63. The maximum atomic E-state index is 14.6. The van der Waals surface area contributed by atoms with Crippen LogP contribution in [0.15, 0.2) is 54.1 Å². The molecule has 0 saturated heterocycles. The summed E-state index contributed by atoms with van der Waals surface area (Å²) in [7, 11) is 3.07. The molecule has 1 aliphatic rings. The minimum atomic E-state index is -1.41.